The van der Waals surface area contributed by atoms with E-state index in [2.05, 4.69) is 4.99 Å². The van der Waals surface area contributed by atoms with E-state index in [9.17, 15) is 25.9 Å². The Morgan fingerprint density at radius 3 is 2.00 bits per heavy atom. The molecule has 1 heterocycles. The third kappa shape index (κ3) is 4.57. The highest BCUT2D eigenvalue weighted by Gasteiger charge is 2.20. The lowest BCUT2D eigenvalue weighted by molar-refractivity contribution is 0.481. The van der Waals surface area contributed by atoms with Crippen molar-refractivity contribution in [1.82, 2.24) is 9.55 Å². The molecule has 11 heteroatoms. The predicted octanol–water partition coefficient (Wildman–Crippen LogP) is 5.01. The first-order chi connectivity index (χ1) is 18.6. The molecular formula is C28H19N3O6S2. The summed E-state index contributed by atoms with van der Waals surface area (Å²) < 4.78 is 68.0. The third-order valence-electron chi connectivity index (χ3n) is 6.33. The molecule has 0 fully saturated rings. The van der Waals surface area contributed by atoms with Crippen molar-refractivity contribution in [3.05, 3.63) is 108 Å². The van der Waals surface area contributed by atoms with E-state index in [4.69, 9.17) is 4.98 Å². The van der Waals surface area contributed by atoms with Crippen molar-refractivity contribution < 1.29 is 25.9 Å². The molecule has 1 aliphatic heterocycles. The van der Waals surface area contributed by atoms with Gasteiger partial charge in [0.25, 0.3) is 20.2 Å². The highest BCUT2D eigenvalue weighted by Crippen LogP contribution is 2.34. The Balaban J connectivity index is 1.77. The Morgan fingerprint density at radius 1 is 0.667 bits per heavy atom. The van der Waals surface area contributed by atoms with E-state index < -0.39 is 20.2 Å². The minimum absolute atomic E-state index is 0.281. The van der Waals surface area contributed by atoms with Gasteiger partial charge in [-0.1, -0.05) is 36.4 Å². The number of hydrogen-bond acceptors (Lipinski definition) is 6. The van der Waals surface area contributed by atoms with Crippen molar-refractivity contribution in [1.29, 1.82) is 0 Å². The summed E-state index contributed by atoms with van der Waals surface area (Å²) in [6, 6.07) is 28.6. The summed E-state index contributed by atoms with van der Waals surface area (Å²) in [7, 11) is -8.89. The Labute approximate surface area is 223 Å². The number of fused-ring (bicyclic) bond motifs is 4. The summed E-state index contributed by atoms with van der Waals surface area (Å²) in [4.78, 5) is 9.01. The van der Waals surface area contributed by atoms with Crippen molar-refractivity contribution >= 4 is 47.7 Å². The van der Waals surface area contributed by atoms with Gasteiger partial charge in [-0.2, -0.15) is 16.8 Å². The standard InChI is InChI=1S/C28H19N3O6S2/c32-38(33,34)20-12-10-18(11-13-20)29-25-17-27-28(22-15-14-21(16-23(22)25)39(35,36)37)30-24-8-4-5-9-26(24)31(27)19-6-2-1-3-7-19/h1-17H,(H,32,33,34)(H,35,36,37). The van der Waals surface area contributed by atoms with Crippen LogP contribution in [0.2, 0.25) is 0 Å². The van der Waals surface area contributed by atoms with Gasteiger partial charge in [-0.25, -0.2) is 9.98 Å². The van der Waals surface area contributed by atoms with Crippen LogP contribution < -0.4 is 5.36 Å². The second kappa shape index (κ2) is 9.10. The third-order valence-corrected chi connectivity index (χ3v) is 8.05. The summed E-state index contributed by atoms with van der Waals surface area (Å²) >= 11 is 0. The zero-order valence-corrected chi connectivity index (χ0v) is 21.6. The number of hydrogen-bond donors (Lipinski definition) is 2. The molecule has 2 N–H and O–H groups in total. The molecular weight excluding hydrogens is 538 g/mol. The lowest BCUT2D eigenvalue weighted by atomic mass is 10.0. The molecule has 0 bridgehead atoms. The van der Waals surface area contributed by atoms with E-state index in [0.717, 1.165) is 16.7 Å². The number of benzene rings is 5. The second-order valence-electron chi connectivity index (χ2n) is 8.80. The maximum absolute atomic E-state index is 12.0. The van der Waals surface area contributed by atoms with Gasteiger partial charge in [-0.15, -0.1) is 0 Å². The van der Waals surface area contributed by atoms with Crippen molar-refractivity contribution in [3.8, 4) is 17.1 Å². The van der Waals surface area contributed by atoms with Crippen LogP contribution in [0.25, 0.3) is 38.9 Å². The number of para-hydroxylation sites is 3. The van der Waals surface area contributed by atoms with Gasteiger partial charge in [0, 0.05) is 16.5 Å². The van der Waals surface area contributed by atoms with E-state index >= 15 is 0 Å². The van der Waals surface area contributed by atoms with Crippen molar-refractivity contribution in [2.45, 2.75) is 9.79 Å². The Morgan fingerprint density at radius 2 is 1.31 bits per heavy atom. The molecule has 0 spiro atoms. The lowest BCUT2D eigenvalue weighted by Crippen LogP contribution is -2.13. The van der Waals surface area contributed by atoms with Crippen molar-refractivity contribution in [3.63, 3.8) is 0 Å². The fourth-order valence-corrected chi connectivity index (χ4v) is 5.57. The van der Waals surface area contributed by atoms with E-state index in [1.165, 1.54) is 36.4 Å². The highest BCUT2D eigenvalue weighted by atomic mass is 32.2. The zero-order chi connectivity index (χ0) is 27.4. The van der Waals surface area contributed by atoms with Gasteiger partial charge < -0.3 is 4.57 Å². The first-order valence-electron chi connectivity index (χ1n) is 11.6. The van der Waals surface area contributed by atoms with Crippen LogP contribution in [0, 0.1) is 0 Å². The molecule has 0 amide bonds. The van der Waals surface area contributed by atoms with Gasteiger partial charge in [0.15, 0.2) is 0 Å². The maximum Gasteiger partial charge on any atom is 0.294 e. The molecule has 9 nitrogen and oxygen atoms in total. The molecule has 39 heavy (non-hydrogen) atoms. The van der Waals surface area contributed by atoms with Crippen LogP contribution >= 0.6 is 0 Å². The van der Waals surface area contributed by atoms with E-state index in [-0.39, 0.29) is 9.79 Å². The quantitative estimate of drug-likeness (QED) is 0.176. The van der Waals surface area contributed by atoms with Gasteiger partial charge in [0.05, 0.1) is 43.3 Å². The van der Waals surface area contributed by atoms with Gasteiger partial charge in [-0.3, -0.25) is 9.11 Å². The van der Waals surface area contributed by atoms with Gasteiger partial charge in [-0.05, 0) is 66.7 Å². The topological polar surface area (TPSA) is 139 Å². The largest absolute Gasteiger partial charge is 0.306 e. The molecule has 0 unspecified atom stereocenters. The fraction of sp³-hybridized carbons (Fsp3) is 0. The number of aromatic nitrogens is 2. The van der Waals surface area contributed by atoms with Crippen LogP contribution in [0.5, 0.6) is 0 Å². The summed E-state index contributed by atoms with van der Waals surface area (Å²) in [5, 5.41) is 1.38. The number of rotatable bonds is 4. The minimum atomic E-state index is -4.51. The maximum atomic E-state index is 12.0. The molecule has 0 aromatic heterocycles. The normalized spacial score (nSPS) is 12.9. The minimum Gasteiger partial charge on any atom is -0.306 e. The molecule has 6 rings (SSSR count). The average Bonchev–Trinajstić information content (AvgIpc) is 2.91. The lowest BCUT2D eigenvalue weighted by Gasteiger charge is -2.20. The summed E-state index contributed by atoms with van der Waals surface area (Å²) in [6.07, 6.45) is 0. The summed E-state index contributed by atoms with van der Waals surface area (Å²) in [5.74, 6) is 0. The average molecular weight is 558 g/mol. The van der Waals surface area contributed by atoms with Crippen LogP contribution in [-0.4, -0.2) is 35.5 Å². The highest BCUT2D eigenvalue weighted by molar-refractivity contribution is 7.86. The number of nitrogens with zero attached hydrogens (tertiary/aromatic N) is 3. The summed E-state index contributed by atoms with van der Waals surface area (Å²) in [5.41, 5.74) is 4.09. The van der Waals surface area contributed by atoms with Gasteiger partial charge in [0.1, 0.15) is 0 Å². The first kappa shape index (κ1) is 24.9. The van der Waals surface area contributed by atoms with E-state index in [0.29, 0.717) is 33.2 Å². The molecule has 194 valence electrons. The monoisotopic (exact) mass is 557 g/mol. The molecule has 4 aromatic carbocycles. The van der Waals surface area contributed by atoms with Gasteiger partial charge >= 0.3 is 0 Å². The Bertz CT molecular complexity index is 2160. The first-order valence-corrected chi connectivity index (χ1v) is 14.5. The molecule has 0 atom stereocenters. The van der Waals surface area contributed by atoms with Crippen LogP contribution in [-0.2, 0) is 20.2 Å². The molecule has 1 aliphatic carbocycles. The summed E-state index contributed by atoms with van der Waals surface area (Å²) in [6.45, 7) is 0. The van der Waals surface area contributed by atoms with Gasteiger partial charge in [0.2, 0.25) is 0 Å². The van der Waals surface area contributed by atoms with Crippen molar-refractivity contribution in [2.75, 3.05) is 0 Å². The van der Waals surface area contributed by atoms with Crippen LogP contribution in [0.15, 0.2) is 118 Å². The van der Waals surface area contributed by atoms with E-state index in [1.807, 2.05) is 59.2 Å². The molecule has 2 aliphatic rings. The molecule has 4 aromatic rings. The molecule has 0 radical (unpaired) electrons. The van der Waals surface area contributed by atoms with E-state index in [1.54, 1.807) is 12.1 Å². The van der Waals surface area contributed by atoms with Crippen molar-refractivity contribution in [2.24, 2.45) is 4.99 Å². The Hall–Kier alpha value is -4.42. The smallest absolute Gasteiger partial charge is 0.294 e. The fourth-order valence-electron chi connectivity index (χ4n) is 4.58. The van der Waals surface area contributed by atoms with Crippen LogP contribution in [0.3, 0.4) is 0 Å². The van der Waals surface area contributed by atoms with Crippen LogP contribution in [0.4, 0.5) is 5.69 Å². The predicted molar refractivity (Wildman–Crippen MR) is 146 cm³/mol. The zero-order valence-electron chi connectivity index (χ0n) is 20.0. The SMILES string of the molecule is O=S(=O)(O)c1ccc(N=c2cc3n(-c4ccccc4)c4ccccc4nc-3c3ccc(S(=O)(=O)O)cc23)cc1. The second-order valence-corrected chi connectivity index (χ2v) is 11.6. The molecule has 0 saturated heterocycles. The molecule has 0 saturated carbocycles. The Kier molecular flexibility index (Phi) is 5.81. The van der Waals surface area contributed by atoms with Crippen LogP contribution in [0.1, 0.15) is 0 Å².